The summed E-state index contributed by atoms with van der Waals surface area (Å²) in [5.41, 5.74) is 2.42. The predicted molar refractivity (Wildman–Crippen MR) is 114 cm³/mol. The van der Waals surface area contributed by atoms with E-state index in [0.29, 0.717) is 11.4 Å². The molecule has 2 aromatic carbocycles. The van der Waals surface area contributed by atoms with Crippen molar-refractivity contribution in [3.63, 3.8) is 0 Å². The van der Waals surface area contributed by atoms with Gasteiger partial charge in [-0.2, -0.15) is 0 Å². The number of carbonyl (C=O) groups is 2. The standard InChI is InChI=1S/C23H21FN4O2/c1-14-12-15(9-11-19(14)25-2)27-20-6-4-5-7-21(20)28(23(27)30)16-8-10-17(18(24)13-16)22(29)26-3/h5,7-13,20-21H,4,6H2,1,3H3,(H,26,29)/t20-,21-/m1/s1. The highest BCUT2D eigenvalue weighted by Gasteiger charge is 2.46. The number of hydrogen-bond acceptors (Lipinski definition) is 2. The van der Waals surface area contributed by atoms with Crippen LogP contribution in [0.25, 0.3) is 4.85 Å². The van der Waals surface area contributed by atoms with Crippen molar-refractivity contribution in [2.75, 3.05) is 16.8 Å². The number of carbonyl (C=O) groups excluding carboxylic acids is 2. The smallest absolute Gasteiger partial charge is 0.329 e. The Morgan fingerprint density at radius 3 is 2.60 bits per heavy atom. The summed E-state index contributed by atoms with van der Waals surface area (Å²) in [6, 6.07) is 9.00. The first kappa shape index (κ1) is 19.6. The van der Waals surface area contributed by atoms with E-state index >= 15 is 0 Å². The monoisotopic (exact) mass is 404 g/mol. The van der Waals surface area contributed by atoms with Crippen LogP contribution < -0.4 is 15.1 Å². The number of aryl methyl sites for hydroxylation is 1. The van der Waals surface area contributed by atoms with E-state index in [9.17, 15) is 14.0 Å². The van der Waals surface area contributed by atoms with E-state index in [-0.39, 0.29) is 23.7 Å². The molecule has 30 heavy (non-hydrogen) atoms. The lowest BCUT2D eigenvalue weighted by atomic mass is 9.95. The molecule has 1 aliphatic heterocycles. The molecule has 7 heteroatoms. The average molecular weight is 404 g/mol. The van der Waals surface area contributed by atoms with Crippen LogP contribution in [0, 0.1) is 19.3 Å². The maximum Gasteiger partial charge on any atom is 0.329 e. The van der Waals surface area contributed by atoms with Crippen LogP contribution >= 0.6 is 0 Å². The van der Waals surface area contributed by atoms with Gasteiger partial charge in [0, 0.05) is 18.4 Å². The van der Waals surface area contributed by atoms with Crippen molar-refractivity contribution >= 4 is 29.0 Å². The Kier molecular flexibility index (Phi) is 5.00. The normalized spacial score (nSPS) is 20.1. The SMILES string of the molecule is [C-]#[N+]c1ccc(N2C(=O)N(c3ccc(C(=O)NC)c(F)c3)[C@@H]3C=CCC[C@H]32)cc1C. The molecule has 0 spiro atoms. The second-order valence-electron chi connectivity index (χ2n) is 7.41. The van der Waals surface area contributed by atoms with E-state index in [1.807, 2.05) is 25.1 Å². The molecule has 2 aromatic rings. The first-order valence-electron chi connectivity index (χ1n) is 9.75. The van der Waals surface area contributed by atoms with Crippen molar-refractivity contribution in [1.82, 2.24) is 5.32 Å². The van der Waals surface area contributed by atoms with E-state index in [1.165, 1.54) is 19.2 Å². The van der Waals surface area contributed by atoms with Crippen molar-refractivity contribution in [1.29, 1.82) is 0 Å². The number of anilines is 2. The second-order valence-corrected chi connectivity index (χ2v) is 7.41. The van der Waals surface area contributed by atoms with Gasteiger partial charge < -0.3 is 5.32 Å². The number of urea groups is 1. The summed E-state index contributed by atoms with van der Waals surface area (Å²) >= 11 is 0. The van der Waals surface area contributed by atoms with Gasteiger partial charge in [0.1, 0.15) is 5.82 Å². The van der Waals surface area contributed by atoms with E-state index in [2.05, 4.69) is 10.2 Å². The molecule has 0 radical (unpaired) electrons. The van der Waals surface area contributed by atoms with Gasteiger partial charge in [0.15, 0.2) is 5.69 Å². The van der Waals surface area contributed by atoms with Crippen LogP contribution in [-0.2, 0) is 0 Å². The minimum absolute atomic E-state index is 0.0640. The number of amides is 3. The zero-order valence-electron chi connectivity index (χ0n) is 16.7. The number of nitrogens with zero attached hydrogens (tertiary/aromatic N) is 3. The lowest BCUT2D eigenvalue weighted by molar-refractivity contribution is 0.0959. The molecule has 1 heterocycles. The number of fused-ring (bicyclic) bond motifs is 1. The summed E-state index contributed by atoms with van der Waals surface area (Å²) in [4.78, 5) is 32.1. The van der Waals surface area contributed by atoms with Crippen LogP contribution in [0.5, 0.6) is 0 Å². The zero-order chi connectivity index (χ0) is 21.4. The molecule has 1 aliphatic carbocycles. The fraction of sp³-hybridized carbons (Fsp3) is 0.261. The molecular formula is C23H21FN4O2. The van der Waals surface area contributed by atoms with E-state index in [1.54, 1.807) is 28.0 Å². The van der Waals surface area contributed by atoms with Gasteiger partial charge in [-0.25, -0.2) is 14.0 Å². The van der Waals surface area contributed by atoms with Crippen molar-refractivity contribution in [2.24, 2.45) is 0 Å². The van der Waals surface area contributed by atoms with Gasteiger partial charge in [-0.15, -0.1) is 0 Å². The summed E-state index contributed by atoms with van der Waals surface area (Å²) in [5.74, 6) is -1.19. The topological polar surface area (TPSA) is 57.0 Å². The molecule has 1 fully saturated rings. The number of halogens is 1. The van der Waals surface area contributed by atoms with Crippen LogP contribution in [0.15, 0.2) is 48.6 Å². The molecule has 2 aliphatic rings. The Morgan fingerprint density at radius 1 is 1.20 bits per heavy atom. The van der Waals surface area contributed by atoms with Gasteiger partial charge in [-0.3, -0.25) is 14.6 Å². The third-order valence-electron chi connectivity index (χ3n) is 5.68. The van der Waals surface area contributed by atoms with Crippen molar-refractivity contribution in [3.05, 3.63) is 76.9 Å². The molecule has 0 saturated carbocycles. The Labute approximate surface area is 174 Å². The Balaban J connectivity index is 1.76. The van der Waals surface area contributed by atoms with Crippen LogP contribution in [0.1, 0.15) is 28.8 Å². The summed E-state index contributed by atoms with van der Waals surface area (Å²) in [5, 5.41) is 2.41. The number of allylic oxidation sites excluding steroid dienone is 1. The Morgan fingerprint density at radius 2 is 1.93 bits per heavy atom. The van der Waals surface area contributed by atoms with Gasteiger partial charge in [0.2, 0.25) is 0 Å². The van der Waals surface area contributed by atoms with Crippen LogP contribution in [-0.4, -0.2) is 31.1 Å². The molecule has 3 amide bonds. The van der Waals surface area contributed by atoms with Gasteiger partial charge in [0.25, 0.3) is 5.91 Å². The molecule has 2 atom stereocenters. The van der Waals surface area contributed by atoms with E-state index in [4.69, 9.17) is 6.57 Å². The molecular weight excluding hydrogens is 383 g/mol. The highest BCUT2D eigenvalue weighted by Crippen LogP contribution is 2.39. The minimum atomic E-state index is -0.674. The summed E-state index contributed by atoms with van der Waals surface area (Å²) < 4.78 is 14.6. The van der Waals surface area contributed by atoms with Gasteiger partial charge in [0.05, 0.1) is 24.2 Å². The third kappa shape index (κ3) is 3.11. The molecule has 152 valence electrons. The van der Waals surface area contributed by atoms with E-state index in [0.717, 1.165) is 24.1 Å². The number of rotatable bonds is 3. The molecule has 0 bridgehead atoms. The zero-order valence-corrected chi connectivity index (χ0v) is 16.7. The molecule has 4 rings (SSSR count). The average Bonchev–Trinajstić information content (AvgIpc) is 3.04. The second kappa shape index (κ2) is 7.64. The molecule has 0 unspecified atom stereocenters. The molecule has 1 N–H and O–H groups in total. The predicted octanol–water partition coefficient (Wildman–Crippen LogP) is 4.58. The fourth-order valence-electron chi connectivity index (χ4n) is 4.20. The maximum atomic E-state index is 14.6. The quantitative estimate of drug-likeness (QED) is 0.601. The largest absolute Gasteiger partial charge is 0.355 e. The number of hydrogen-bond donors (Lipinski definition) is 1. The van der Waals surface area contributed by atoms with Gasteiger partial charge in [-0.05, 0) is 55.7 Å². The summed E-state index contributed by atoms with van der Waals surface area (Å²) in [7, 11) is 1.44. The van der Waals surface area contributed by atoms with E-state index < -0.39 is 11.7 Å². The van der Waals surface area contributed by atoms with Crippen LogP contribution in [0.2, 0.25) is 0 Å². The third-order valence-corrected chi connectivity index (χ3v) is 5.68. The maximum absolute atomic E-state index is 14.6. The molecule has 1 saturated heterocycles. The Hall–Kier alpha value is -3.66. The number of nitrogens with one attached hydrogen (secondary N) is 1. The van der Waals surface area contributed by atoms with Crippen LogP contribution in [0.3, 0.4) is 0 Å². The lowest BCUT2D eigenvalue weighted by Gasteiger charge is -2.28. The summed E-state index contributed by atoms with van der Waals surface area (Å²) in [6.45, 7) is 9.09. The minimum Gasteiger partial charge on any atom is -0.355 e. The van der Waals surface area contributed by atoms with Gasteiger partial charge >= 0.3 is 6.03 Å². The Bertz CT molecular complexity index is 1100. The van der Waals surface area contributed by atoms with Gasteiger partial charge in [-0.1, -0.05) is 18.2 Å². The summed E-state index contributed by atoms with van der Waals surface area (Å²) in [6.07, 6.45) is 5.65. The van der Waals surface area contributed by atoms with Crippen molar-refractivity contribution < 1.29 is 14.0 Å². The molecule has 6 nitrogen and oxygen atoms in total. The fourth-order valence-corrected chi connectivity index (χ4v) is 4.20. The van der Waals surface area contributed by atoms with Crippen LogP contribution in [0.4, 0.5) is 26.2 Å². The lowest BCUT2D eigenvalue weighted by Crippen LogP contribution is -2.37. The number of benzene rings is 2. The molecule has 0 aromatic heterocycles. The highest BCUT2D eigenvalue weighted by molar-refractivity contribution is 6.08. The van der Waals surface area contributed by atoms with Crippen molar-refractivity contribution in [3.8, 4) is 0 Å². The first-order chi connectivity index (χ1) is 14.5. The first-order valence-corrected chi connectivity index (χ1v) is 9.75. The van der Waals surface area contributed by atoms with Crippen molar-refractivity contribution in [2.45, 2.75) is 31.8 Å². The highest BCUT2D eigenvalue weighted by atomic mass is 19.1.